The summed E-state index contributed by atoms with van der Waals surface area (Å²) >= 11 is 0. The van der Waals surface area contributed by atoms with Crippen molar-refractivity contribution in [3.63, 3.8) is 0 Å². The molecule has 3 unspecified atom stereocenters. The third-order valence-electron chi connectivity index (χ3n) is 4.05. The Bertz CT molecular complexity index is 229. The zero-order valence-corrected chi connectivity index (χ0v) is 9.50. The third kappa shape index (κ3) is 2.03. The van der Waals surface area contributed by atoms with E-state index in [9.17, 15) is 0 Å². The van der Waals surface area contributed by atoms with Crippen LogP contribution in [0.1, 0.15) is 39.5 Å². The Hall–Kier alpha value is -0.300. The SMILES string of the molecule is CC(C)(CCN)CC1CC2C=CC1C2. The number of nitrogens with two attached hydrogens (primary N) is 1. The predicted molar refractivity (Wildman–Crippen MR) is 60.9 cm³/mol. The lowest BCUT2D eigenvalue weighted by atomic mass is 9.76. The van der Waals surface area contributed by atoms with Crippen molar-refractivity contribution in [2.75, 3.05) is 6.54 Å². The Labute approximate surface area is 87.8 Å². The Morgan fingerprint density at radius 1 is 1.29 bits per heavy atom. The van der Waals surface area contributed by atoms with Gasteiger partial charge in [0.05, 0.1) is 0 Å². The van der Waals surface area contributed by atoms with Gasteiger partial charge in [-0.05, 0) is 55.4 Å². The molecule has 2 rings (SSSR count). The van der Waals surface area contributed by atoms with E-state index in [1.165, 1.54) is 25.7 Å². The van der Waals surface area contributed by atoms with E-state index < -0.39 is 0 Å². The minimum Gasteiger partial charge on any atom is -0.330 e. The number of hydrogen-bond donors (Lipinski definition) is 1. The molecule has 1 fully saturated rings. The van der Waals surface area contributed by atoms with Crippen LogP contribution >= 0.6 is 0 Å². The van der Waals surface area contributed by atoms with Gasteiger partial charge in [0.2, 0.25) is 0 Å². The molecule has 1 heteroatoms. The van der Waals surface area contributed by atoms with Gasteiger partial charge in [0.25, 0.3) is 0 Å². The van der Waals surface area contributed by atoms with Gasteiger partial charge in [-0.25, -0.2) is 0 Å². The average molecular weight is 193 g/mol. The lowest BCUT2D eigenvalue weighted by Gasteiger charge is -2.30. The highest BCUT2D eigenvalue weighted by Crippen LogP contribution is 2.48. The molecule has 0 aromatic rings. The molecule has 0 aromatic carbocycles. The summed E-state index contributed by atoms with van der Waals surface area (Å²) in [7, 11) is 0. The smallest absolute Gasteiger partial charge is 0.00722 e. The Balaban J connectivity index is 1.89. The largest absolute Gasteiger partial charge is 0.330 e. The molecule has 0 aromatic heterocycles. The lowest BCUT2D eigenvalue weighted by molar-refractivity contribution is 0.230. The van der Waals surface area contributed by atoms with Crippen molar-refractivity contribution in [2.45, 2.75) is 39.5 Å². The van der Waals surface area contributed by atoms with Crippen molar-refractivity contribution in [1.82, 2.24) is 0 Å². The van der Waals surface area contributed by atoms with Gasteiger partial charge < -0.3 is 5.73 Å². The molecular formula is C13H23N. The average Bonchev–Trinajstić information content (AvgIpc) is 2.63. The van der Waals surface area contributed by atoms with Crippen molar-refractivity contribution in [3.05, 3.63) is 12.2 Å². The van der Waals surface area contributed by atoms with Gasteiger partial charge in [0.15, 0.2) is 0 Å². The second-order valence-electron chi connectivity index (χ2n) is 5.95. The van der Waals surface area contributed by atoms with E-state index in [2.05, 4.69) is 26.0 Å². The fourth-order valence-corrected chi connectivity index (χ4v) is 3.33. The predicted octanol–water partition coefficient (Wildman–Crippen LogP) is 2.96. The summed E-state index contributed by atoms with van der Waals surface area (Å²) in [5.74, 6) is 2.77. The van der Waals surface area contributed by atoms with E-state index in [-0.39, 0.29) is 0 Å². The standard InChI is InChI=1S/C13H23N/c1-13(2,5-6-14)9-12-8-10-3-4-11(12)7-10/h3-4,10-12H,5-9,14H2,1-2H3. The fraction of sp³-hybridized carbons (Fsp3) is 0.846. The highest BCUT2D eigenvalue weighted by Gasteiger charge is 2.37. The quantitative estimate of drug-likeness (QED) is 0.682. The number of hydrogen-bond acceptors (Lipinski definition) is 1. The Kier molecular flexibility index (Phi) is 2.70. The zero-order valence-electron chi connectivity index (χ0n) is 9.50. The summed E-state index contributed by atoms with van der Waals surface area (Å²) < 4.78 is 0. The highest BCUT2D eigenvalue weighted by atomic mass is 14.5. The van der Waals surface area contributed by atoms with Crippen LogP contribution in [0.15, 0.2) is 12.2 Å². The van der Waals surface area contributed by atoms with Gasteiger partial charge >= 0.3 is 0 Å². The maximum atomic E-state index is 5.65. The second kappa shape index (κ2) is 3.69. The summed E-state index contributed by atoms with van der Waals surface area (Å²) in [4.78, 5) is 0. The lowest BCUT2D eigenvalue weighted by Crippen LogP contribution is -2.22. The topological polar surface area (TPSA) is 26.0 Å². The summed E-state index contributed by atoms with van der Waals surface area (Å²) in [5.41, 5.74) is 6.11. The maximum absolute atomic E-state index is 5.65. The first-order chi connectivity index (χ1) is 6.61. The first-order valence-corrected chi connectivity index (χ1v) is 5.99. The molecule has 1 nitrogen and oxygen atoms in total. The Morgan fingerprint density at radius 2 is 2.07 bits per heavy atom. The number of fused-ring (bicyclic) bond motifs is 2. The summed E-state index contributed by atoms with van der Waals surface area (Å²) in [6, 6.07) is 0. The molecule has 2 bridgehead atoms. The van der Waals surface area contributed by atoms with Crippen LogP contribution in [0, 0.1) is 23.2 Å². The van der Waals surface area contributed by atoms with Crippen LogP contribution < -0.4 is 5.73 Å². The van der Waals surface area contributed by atoms with E-state index >= 15 is 0 Å². The normalized spacial score (nSPS) is 35.5. The van der Waals surface area contributed by atoms with Gasteiger partial charge in [-0.3, -0.25) is 0 Å². The van der Waals surface area contributed by atoms with E-state index in [4.69, 9.17) is 5.73 Å². The molecule has 3 atom stereocenters. The molecule has 0 radical (unpaired) electrons. The van der Waals surface area contributed by atoms with Crippen LogP contribution in [0.3, 0.4) is 0 Å². The van der Waals surface area contributed by atoms with Crippen molar-refractivity contribution in [1.29, 1.82) is 0 Å². The van der Waals surface area contributed by atoms with Crippen LogP contribution in [-0.4, -0.2) is 6.54 Å². The van der Waals surface area contributed by atoms with Crippen LogP contribution in [0.4, 0.5) is 0 Å². The molecule has 80 valence electrons. The maximum Gasteiger partial charge on any atom is -0.00722 e. The molecule has 0 saturated heterocycles. The monoisotopic (exact) mass is 193 g/mol. The van der Waals surface area contributed by atoms with Crippen LogP contribution in [0.2, 0.25) is 0 Å². The minimum atomic E-state index is 0.456. The van der Waals surface area contributed by atoms with Gasteiger partial charge in [-0.2, -0.15) is 0 Å². The molecule has 2 aliphatic carbocycles. The van der Waals surface area contributed by atoms with Crippen molar-refractivity contribution < 1.29 is 0 Å². The molecule has 0 spiro atoms. The van der Waals surface area contributed by atoms with Gasteiger partial charge in [-0.1, -0.05) is 26.0 Å². The van der Waals surface area contributed by atoms with E-state index in [0.717, 1.165) is 24.3 Å². The van der Waals surface area contributed by atoms with Crippen LogP contribution in [-0.2, 0) is 0 Å². The minimum absolute atomic E-state index is 0.456. The van der Waals surface area contributed by atoms with Gasteiger partial charge in [0, 0.05) is 0 Å². The third-order valence-corrected chi connectivity index (χ3v) is 4.05. The summed E-state index contributed by atoms with van der Waals surface area (Å²) in [5, 5.41) is 0. The summed E-state index contributed by atoms with van der Waals surface area (Å²) in [6.07, 6.45) is 10.3. The Morgan fingerprint density at radius 3 is 2.57 bits per heavy atom. The summed E-state index contributed by atoms with van der Waals surface area (Å²) in [6.45, 7) is 5.58. The van der Waals surface area contributed by atoms with E-state index in [1.54, 1.807) is 0 Å². The van der Waals surface area contributed by atoms with Gasteiger partial charge in [0.1, 0.15) is 0 Å². The number of allylic oxidation sites excluding steroid dienone is 2. The fourth-order valence-electron chi connectivity index (χ4n) is 3.33. The van der Waals surface area contributed by atoms with Crippen LogP contribution in [0.25, 0.3) is 0 Å². The first kappa shape index (κ1) is 10.2. The van der Waals surface area contributed by atoms with Crippen molar-refractivity contribution >= 4 is 0 Å². The molecular weight excluding hydrogens is 170 g/mol. The van der Waals surface area contributed by atoms with Crippen molar-refractivity contribution in [3.8, 4) is 0 Å². The van der Waals surface area contributed by atoms with Crippen molar-refractivity contribution in [2.24, 2.45) is 28.9 Å². The molecule has 2 N–H and O–H groups in total. The molecule has 0 aliphatic heterocycles. The first-order valence-electron chi connectivity index (χ1n) is 5.99. The van der Waals surface area contributed by atoms with E-state index in [0.29, 0.717) is 5.41 Å². The van der Waals surface area contributed by atoms with Crippen LogP contribution in [0.5, 0.6) is 0 Å². The molecule has 2 aliphatic rings. The van der Waals surface area contributed by atoms with Gasteiger partial charge in [-0.15, -0.1) is 0 Å². The van der Waals surface area contributed by atoms with E-state index in [1.807, 2.05) is 0 Å². The second-order valence-corrected chi connectivity index (χ2v) is 5.95. The molecule has 0 amide bonds. The molecule has 14 heavy (non-hydrogen) atoms. The zero-order chi connectivity index (χ0) is 10.2. The molecule has 0 heterocycles. The molecule has 1 saturated carbocycles. The highest BCUT2D eigenvalue weighted by molar-refractivity contribution is 5.10. The number of rotatable bonds is 4.